The van der Waals surface area contributed by atoms with Crippen LogP contribution in [-0.4, -0.2) is 30.6 Å². The van der Waals surface area contributed by atoms with Gasteiger partial charge in [-0.15, -0.1) is 0 Å². The van der Waals surface area contributed by atoms with Crippen LogP contribution >= 0.6 is 0 Å². The standard InChI is InChI=1S/C31H28N2O6/c1-20-27(30(34)38-3)29(24-15-10-16-25(19-24)33(36)37)28(21(2)32-20)31(35)39-18-8-4-5-11-22-13-9-14-23-12-6-7-17-26(22)23/h4-17,19,29,32H,18H2,1-3H3/b8-4+,11-5+. The molecule has 1 aliphatic rings. The van der Waals surface area contributed by atoms with Gasteiger partial charge in [0.1, 0.15) is 6.61 Å². The van der Waals surface area contributed by atoms with E-state index in [9.17, 15) is 19.7 Å². The van der Waals surface area contributed by atoms with Gasteiger partial charge in [-0.1, -0.05) is 72.8 Å². The predicted molar refractivity (Wildman–Crippen MR) is 149 cm³/mol. The van der Waals surface area contributed by atoms with Crippen molar-refractivity contribution in [3.63, 3.8) is 0 Å². The van der Waals surface area contributed by atoms with Gasteiger partial charge in [-0.25, -0.2) is 9.59 Å². The Bertz CT molecular complexity index is 1560. The first-order valence-electron chi connectivity index (χ1n) is 12.3. The summed E-state index contributed by atoms with van der Waals surface area (Å²) in [6.07, 6.45) is 7.34. The van der Waals surface area contributed by atoms with E-state index in [1.165, 1.54) is 25.3 Å². The van der Waals surface area contributed by atoms with Crippen LogP contribution in [0.1, 0.15) is 30.9 Å². The van der Waals surface area contributed by atoms with Gasteiger partial charge in [0, 0.05) is 23.5 Å². The van der Waals surface area contributed by atoms with Gasteiger partial charge in [0.2, 0.25) is 0 Å². The van der Waals surface area contributed by atoms with Crippen molar-refractivity contribution in [1.82, 2.24) is 5.32 Å². The molecule has 1 atom stereocenters. The second kappa shape index (κ2) is 12.0. The van der Waals surface area contributed by atoms with Gasteiger partial charge in [-0.05, 0) is 41.8 Å². The number of nitro groups is 1. The predicted octanol–water partition coefficient (Wildman–Crippen LogP) is 5.97. The zero-order valence-electron chi connectivity index (χ0n) is 21.8. The second-order valence-electron chi connectivity index (χ2n) is 8.93. The number of methoxy groups -OCH3 is 1. The summed E-state index contributed by atoms with van der Waals surface area (Å²) in [7, 11) is 1.24. The van der Waals surface area contributed by atoms with Gasteiger partial charge in [0.05, 0.1) is 29.1 Å². The second-order valence-corrected chi connectivity index (χ2v) is 8.93. The summed E-state index contributed by atoms with van der Waals surface area (Å²) in [5.74, 6) is -2.19. The number of nitrogens with zero attached hydrogens (tertiary/aromatic N) is 1. The molecule has 1 aliphatic heterocycles. The normalized spacial score (nSPS) is 15.6. The van der Waals surface area contributed by atoms with E-state index in [-0.39, 0.29) is 23.4 Å². The molecule has 3 aromatic rings. The van der Waals surface area contributed by atoms with E-state index >= 15 is 0 Å². The third-order valence-electron chi connectivity index (χ3n) is 6.46. The zero-order chi connectivity index (χ0) is 27.9. The van der Waals surface area contributed by atoms with Crippen LogP contribution in [0.5, 0.6) is 0 Å². The van der Waals surface area contributed by atoms with Crippen LogP contribution in [0, 0.1) is 10.1 Å². The average molecular weight is 525 g/mol. The molecule has 8 nitrogen and oxygen atoms in total. The number of allylic oxidation sites excluding steroid dienone is 4. The van der Waals surface area contributed by atoms with Crippen molar-refractivity contribution >= 4 is 34.5 Å². The Morgan fingerprint density at radius 3 is 2.38 bits per heavy atom. The summed E-state index contributed by atoms with van der Waals surface area (Å²) in [5.41, 5.74) is 2.67. The van der Waals surface area contributed by atoms with Crippen molar-refractivity contribution in [2.45, 2.75) is 19.8 Å². The van der Waals surface area contributed by atoms with E-state index in [1.54, 1.807) is 32.1 Å². The largest absolute Gasteiger partial charge is 0.466 e. The van der Waals surface area contributed by atoms with E-state index in [0.29, 0.717) is 17.0 Å². The van der Waals surface area contributed by atoms with Crippen LogP contribution in [0.2, 0.25) is 0 Å². The summed E-state index contributed by atoms with van der Waals surface area (Å²) in [6, 6.07) is 20.1. The lowest BCUT2D eigenvalue weighted by molar-refractivity contribution is -0.384. The highest BCUT2D eigenvalue weighted by molar-refractivity contribution is 6.00. The number of nitro benzene ring substituents is 1. The van der Waals surface area contributed by atoms with Crippen LogP contribution in [0.4, 0.5) is 5.69 Å². The zero-order valence-corrected chi connectivity index (χ0v) is 21.8. The van der Waals surface area contributed by atoms with Gasteiger partial charge in [-0.3, -0.25) is 10.1 Å². The number of nitrogens with one attached hydrogen (secondary N) is 1. The molecular formula is C31H28N2O6. The molecule has 1 heterocycles. The Balaban J connectivity index is 1.54. The van der Waals surface area contributed by atoms with Crippen molar-refractivity contribution in [1.29, 1.82) is 0 Å². The fourth-order valence-corrected chi connectivity index (χ4v) is 4.69. The van der Waals surface area contributed by atoms with Gasteiger partial charge >= 0.3 is 11.9 Å². The van der Waals surface area contributed by atoms with Gasteiger partial charge in [0.25, 0.3) is 5.69 Å². The summed E-state index contributed by atoms with van der Waals surface area (Å²) in [6.45, 7) is 3.38. The van der Waals surface area contributed by atoms with Crippen molar-refractivity contribution < 1.29 is 24.0 Å². The van der Waals surface area contributed by atoms with Crippen molar-refractivity contribution in [3.8, 4) is 0 Å². The molecule has 0 bridgehead atoms. The van der Waals surface area contributed by atoms with Gasteiger partial charge in [0.15, 0.2) is 0 Å². The lowest BCUT2D eigenvalue weighted by atomic mass is 9.80. The first kappa shape index (κ1) is 27.1. The summed E-state index contributed by atoms with van der Waals surface area (Å²) < 4.78 is 10.5. The number of rotatable bonds is 8. The molecule has 4 rings (SSSR count). The Kier molecular flexibility index (Phi) is 8.36. The van der Waals surface area contributed by atoms with Crippen molar-refractivity contribution in [2.75, 3.05) is 13.7 Å². The van der Waals surface area contributed by atoms with Crippen LogP contribution < -0.4 is 5.32 Å². The minimum atomic E-state index is -0.902. The Morgan fingerprint density at radius 2 is 1.64 bits per heavy atom. The van der Waals surface area contributed by atoms with Gasteiger partial charge < -0.3 is 14.8 Å². The topological polar surface area (TPSA) is 108 Å². The number of non-ortho nitro benzene ring substituents is 1. The highest BCUT2D eigenvalue weighted by atomic mass is 16.6. The Labute approximate surface area is 226 Å². The fourth-order valence-electron chi connectivity index (χ4n) is 4.69. The SMILES string of the molecule is COC(=O)C1=C(C)NC(C)=C(C(=O)OC/C=C/C=C/c2cccc3ccccc23)C1c1cccc([N+](=O)[O-])c1. The van der Waals surface area contributed by atoms with Crippen molar-refractivity contribution in [2.24, 2.45) is 0 Å². The first-order chi connectivity index (χ1) is 18.8. The molecule has 0 spiro atoms. The molecule has 0 saturated carbocycles. The number of dihydropyridines is 1. The molecule has 1 N–H and O–H groups in total. The molecule has 39 heavy (non-hydrogen) atoms. The minimum Gasteiger partial charge on any atom is -0.466 e. The molecule has 0 fully saturated rings. The van der Waals surface area contributed by atoms with Crippen LogP contribution in [0.25, 0.3) is 16.8 Å². The van der Waals surface area contributed by atoms with Crippen LogP contribution in [-0.2, 0) is 19.1 Å². The molecule has 0 saturated heterocycles. The van der Waals surface area contributed by atoms with E-state index in [2.05, 4.69) is 23.5 Å². The molecule has 1 unspecified atom stereocenters. The number of carbonyl (C=O) groups excluding carboxylic acids is 2. The smallest absolute Gasteiger partial charge is 0.337 e. The fraction of sp³-hybridized carbons (Fsp3) is 0.161. The molecule has 0 aliphatic carbocycles. The number of hydrogen-bond acceptors (Lipinski definition) is 7. The number of hydrogen-bond donors (Lipinski definition) is 1. The molecule has 198 valence electrons. The number of ether oxygens (including phenoxy) is 2. The molecule has 0 aromatic heterocycles. The monoisotopic (exact) mass is 524 g/mol. The molecular weight excluding hydrogens is 496 g/mol. The third-order valence-corrected chi connectivity index (χ3v) is 6.46. The summed E-state index contributed by atoms with van der Waals surface area (Å²) >= 11 is 0. The number of esters is 2. The highest BCUT2D eigenvalue weighted by Gasteiger charge is 2.38. The maximum absolute atomic E-state index is 13.3. The number of fused-ring (bicyclic) bond motifs is 1. The van der Waals surface area contributed by atoms with E-state index in [0.717, 1.165) is 16.3 Å². The number of benzene rings is 3. The lowest BCUT2D eigenvalue weighted by Gasteiger charge is -2.30. The Morgan fingerprint density at radius 1 is 0.949 bits per heavy atom. The molecule has 0 radical (unpaired) electrons. The maximum atomic E-state index is 13.3. The minimum absolute atomic E-state index is 0.00655. The molecule has 0 amide bonds. The molecule has 3 aromatic carbocycles. The summed E-state index contributed by atoms with van der Waals surface area (Å²) in [5, 5.41) is 16.7. The molecule has 8 heteroatoms. The van der Waals surface area contributed by atoms with E-state index in [4.69, 9.17) is 9.47 Å². The van der Waals surface area contributed by atoms with Crippen LogP contribution in [0.15, 0.2) is 107 Å². The van der Waals surface area contributed by atoms with E-state index in [1.807, 2.05) is 36.4 Å². The van der Waals surface area contributed by atoms with Crippen LogP contribution in [0.3, 0.4) is 0 Å². The Hall–Kier alpha value is -4.98. The highest BCUT2D eigenvalue weighted by Crippen LogP contribution is 2.40. The number of carbonyl (C=O) groups is 2. The van der Waals surface area contributed by atoms with Crippen molar-refractivity contribution in [3.05, 3.63) is 129 Å². The van der Waals surface area contributed by atoms with Gasteiger partial charge in [-0.2, -0.15) is 0 Å². The van der Waals surface area contributed by atoms with E-state index < -0.39 is 22.8 Å². The summed E-state index contributed by atoms with van der Waals surface area (Å²) in [4.78, 5) is 36.9. The maximum Gasteiger partial charge on any atom is 0.337 e. The third kappa shape index (κ3) is 5.96. The lowest BCUT2D eigenvalue weighted by Crippen LogP contribution is -2.32. The quantitative estimate of drug-likeness (QED) is 0.167. The first-order valence-corrected chi connectivity index (χ1v) is 12.3. The average Bonchev–Trinajstić information content (AvgIpc) is 2.94.